The second-order valence-electron chi connectivity index (χ2n) is 21.4. The van der Waals surface area contributed by atoms with E-state index in [9.17, 15) is 0 Å². The van der Waals surface area contributed by atoms with Gasteiger partial charge in [-0.25, -0.2) is 0 Å². The van der Waals surface area contributed by atoms with Gasteiger partial charge in [-0.2, -0.15) is 0 Å². The van der Waals surface area contributed by atoms with Crippen LogP contribution in [0.5, 0.6) is 0 Å². The van der Waals surface area contributed by atoms with Crippen LogP contribution in [0.15, 0.2) is 211 Å². The van der Waals surface area contributed by atoms with E-state index >= 15 is 0 Å². The Kier molecular flexibility index (Phi) is 10.5. The molecule has 4 aliphatic rings. The molecule has 0 saturated carbocycles. The lowest BCUT2D eigenvalue weighted by Gasteiger charge is -2.46. The zero-order valence-corrected chi connectivity index (χ0v) is 41.2. The molecule has 0 N–H and O–H groups in total. The fourth-order valence-corrected chi connectivity index (χ4v) is 11.1. The molecule has 3 aliphatic heterocycles. The minimum Gasteiger partial charge on any atom is -0.469 e. The Labute approximate surface area is 414 Å². The summed E-state index contributed by atoms with van der Waals surface area (Å²) in [6, 6.07) is 69.9. The van der Waals surface area contributed by atoms with Crippen LogP contribution in [-0.2, 0) is 20.3 Å². The largest absolute Gasteiger partial charge is 0.469 e. The van der Waals surface area contributed by atoms with E-state index in [1.807, 2.05) is 0 Å². The highest BCUT2D eigenvalue weighted by molar-refractivity contribution is 6.95. The van der Waals surface area contributed by atoms with Crippen LogP contribution in [0.1, 0.15) is 64.7 Å². The van der Waals surface area contributed by atoms with Gasteiger partial charge in [0.15, 0.2) is 6.79 Å². The maximum absolute atomic E-state index is 6.26. The van der Waals surface area contributed by atoms with Gasteiger partial charge >= 0.3 is 0 Å². The molecule has 0 aromatic heterocycles. The van der Waals surface area contributed by atoms with E-state index in [1.165, 1.54) is 72.4 Å². The first-order chi connectivity index (χ1) is 33.9. The highest BCUT2D eigenvalue weighted by Gasteiger charge is 2.47. The third-order valence-corrected chi connectivity index (χ3v) is 14.7. The minimum absolute atomic E-state index is 0.0404. The van der Waals surface area contributed by atoms with Crippen molar-refractivity contribution in [3.8, 4) is 22.3 Å². The molecular formula is C64H58BN3O2. The molecule has 1 saturated heterocycles. The van der Waals surface area contributed by atoms with E-state index in [1.54, 1.807) is 0 Å². The molecule has 70 heavy (non-hydrogen) atoms. The Balaban J connectivity index is 1.15. The van der Waals surface area contributed by atoms with E-state index in [0.717, 1.165) is 46.3 Å². The molecule has 5 nitrogen and oxygen atoms in total. The molecule has 8 aromatic rings. The Bertz CT molecular complexity index is 3240. The number of hydrogen-bond acceptors (Lipinski definition) is 5. The van der Waals surface area contributed by atoms with Crippen LogP contribution in [0.4, 0.5) is 45.5 Å². The topological polar surface area (TPSA) is 28.2 Å². The molecule has 3 heterocycles. The lowest BCUT2D eigenvalue weighted by Crippen LogP contribution is -2.56. The first-order valence-electron chi connectivity index (χ1n) is 24.8. The van der Waals surface area contributed by atoms with Gasteiger partial charge in [0, 0.05) is 57.6 Å². The quantitative estimate of drug-likeness (QED) is 0.149. The van der Waals surface area contributed by atoms with Crippen molar-refractivity contribution in [2.24, 2.45) is 0 Å². The number of anilines is 8. The average molecular weight is 912 g/mol. The maximum Gasteiger partial charge on any atom is 0.251 e. The Hall–Kier alpha value is -7.54. The first kappa shape index (κ1) is 43.7. The highest BCUT2D eigenvalue weighted by Crippen LogP contribution is 2.50. The molecule has 0 amide bonds. The van der Waals surface area contributed by atoms with Crippen molar-refractivity contribution in [1.29, 1.82) is 0 Å². The third kappa shape index (κ3) is 7.62. The van der Waals surface area contributed by atoms with Crippen molar-refractivity contribution in [1.82, 2.24) is 0 Å². The standard InChI is InChI=1S/C64H58BN3O2/c1-42-33-58-62-59(34-42)68(53-36-45(43-23-27-47(28-24-43)63(2,3)4)35-46(37-53)44-25-29-48(30-26-44)64(5,6)7)56-38-52(66(49-17-11-8-12-18-49)50-19-13-9-14-20-50)31-32-54(56)65(62)55-39-60-61(70-41-69-60)40-57(55)67(58)51-21-15-10-16-22-51/h8-39,61H,40-41H2,1-7H3. The number of fused-ring (bicyclic) bond motifs is 4. The Morgan fingerprint density at radius 2 is 1.06 bits per heavy atom. The number of ether oxygens (including phenoxy) is 2. The van der Waals surface area contributed by atoms with Crippen LogP contribution in [0.3, 0.4) is 0 Å². The summed E-state index contributed by atoms with van der Waals surface area (Å²) in [5.74, 6) is 0.913. The van der Waals surface area contributed by atoms with E-state index < -0.39 is 0 Å². The van der Waals surface area contributed by atoms with Gasteiger partial charge in [-0.1, -0.05) is 151 Å². The van der Waals surface area contributed by atoms with Gasteiger partial charge < -0.3 is 24.2 Å². The summed E-state index contributed by atoms with van der Waals surface area (Å²) in [4.78, 5) is 7.45. The number of nitrogens with zero attached hydrogens (tertiary/aromatic N) is 3. The van der Waals surface area contributed by atoms with Crippen LogP contribution in [0, 0.1) is 6.92 Å². The number of para-hydroxylation sites is 3. The molecule has 1 aliphatic carbocycles. The Morgan fingerprint density at radius 3 is 1.61 bits per heavy atom. The fraction of sp³-hybridized carbons (Fsp3) is 0.188. The van der Waals surface area contributed by atoms with E-state index in [4.69, 9.17) is 9.47 Å². The number of aryl methyl sites for hydroxylation is 1. The van der Waals surface area contributed by atoms with Gasteiger partial charge in [-0.3, -0.25) is 0 Å². The molecule has 1 atom stereocenters. The van der Waals surface area contributed by atoms with E-state index in [-0.39, 0.29) is 30.4 Å². The van der Waals surface area contributed by atoms with Crippen LogP contribution < -0.4 is 25.6 Å². The van der Waals surface area contributed by atoms with Crippen LogP contribution in [0.25, 0.3) is 22.3 Å². The van der Waals surface area contributed by atoms with Gasteiger partial charge in [-0.05, 0) is 158 Å². The minimum atomic E-state index is -0.126. The maximum atomic E-state index is 6.26. The van der Waals surface area contributed by atoms with Crippen LogP contribution in [-0.4, -0.2) is 19.6 Å². The van der Waals surface area contributed by atoms with E-state index in [2.05, 4.69) is 257 Å². The zero-order chi connectivity index (χ0) is 47.9. The van der Waals surface area contributed by atoms with Crippen molar-refractivity contribution < 1.29 is 9.47 Å². The average Bonchev–Trinajstić information content (AvgIpc) is 3.84. The normalized spacial score (nSPS) is 16.0. The van der Waals surface area contributed by atoms with E-state index in [0.29, 0.717) is 0 Å². The molecule has 8 aromatic carbocycles. The zero-order valence-electron chi connectivity index (χ0n) is 41.2. The van der Waals surface area contributed by atoms with Crippen molar-refractivity contribution in [2.45, 2.75) is 71.8 Å². The predicted octanol–water partition coefficient (Wildman–Crippen LogP) is 15.4. The summed E-state index contributed by atoms with van der Waals surface area (Å²) < 4.78 is 12.5. The molecule has 0 spiro atoms. The summed E-state index contributed by atoms with van der Waals surface area (Å²) in [7, 11) is 0. The van der Waals surface area contributed by atoms with Crippen molar-refractivity contribution in [2.75, 3.05) is 21.5 Å². The lowest BCUT2D eigenvalue weighted by molar-refractivity contribution is 0.0500. The van der Waals surface area contributed by atoms with Gasteiger partial charge in [0.1, 0.15) is 11.9 Å². The summed E-state index contributed by atoms with van der Waals surface area (Å²) in [5, 5.41) is 0. The summed E-state index contributed by atoms with van der Waals surface area (Å²) in [6.07, 6.45) is 2.90. The molecule has 0 radical (unpaired) electrons. The second kappa shape index (κ2) is 16.9. The molecular weight excluding hydrogens is 854 g/mol. The number of allylic oxidation sites excluding steroid dienone is 2. The first-order valence-corrected chi connectivity index (χ1v) is 24.8. The highest BCUT2D eigenvalue weighted by atomic mass is 16.7. The predicted molar refractivity (Wildman–Crippen MR) is 293 cm³/mol. The van der Waals surface area contributed by atoms with Crippen LogP contribution in [0.2, 0.25) is 0 Å². The second-order valence-corrected chi connectivity index (χ2v) is 21.4. The Morgan fingerprint density at radius 1 is 0.514 bits per heavy atom. The summed E-state index contributed by atoms with van der Waals surface area (Å²) >= 11 is 0. The molecule has 1 fully saturated rings. The molecule has 1 unspecified atom stereocenters. The number of hydrogen-bond donors (Lipinski definition) is 0. The molecule has 344 valence electrons. The molecule has 0 bridgehead atoms. The fourth-order valence-electron chi connectivity index (χ4n) is 11.1. The SMILES string of the molecule is Cc1cc2c3c(c1)N(c1cc(-c4ccc(C(C)(C)C)cc4)cc(-c4ccc(C(C)(C)C)cc4)c1)c1cc(N(c4ccccc4)c4ccccc4)ccc1B3C1=C(CC3OCOC3=C1)N2c1ccccc1. The van der Waals surface area contributed by atoms with Crippen LogP contribution >= 0.6 is 0 Å². The lowest BCUT2D eigenvalue weighted by atomic mass is 9.32. The van der Waals surface area contributed by atoms with Gasteiger partial charge in [0.25, 0.3) is 6.71 Å². The molecule has 6 heteroatoms. The number of benzene rings is 8. The van der Waals surface area contributed by atoms with Gasteiger partial charge in [0.2, 0.25) is 0 Å². The summed E-state index contributed by atoms with van der Waals surface area (Å²) in [5.41, 5.74) is 22.6. The van der Waals surface area contributed by atoms with Gasteiger partial charge in [-0.15, -0.1) is 0 Å². The number of rotatable bonds is 7. The van der Waals surface area contributed by atoms with Crippen molar-refractivity contribution in [3.63, 3.8) is 0 Å². The third-order valence-electron chi connectivity index (χ3n) is 14.7. The smallest absolute Gasteiger partial charge is 0.251 e. The monoisotopic (exact) mass is 911 g/mol. The molecule has 12 rings (SSSR count). The van der Waals surface area contributed by atoms with Crippen molar-refractivity contribution in [3.05, 3.63) is 228 Å². The van der Waals surface area contributed by atoms with Crippen molar-refractivity contribution >= 4 is 63.1 Å². The summed E-state index contributed by atoms with van der Waals surface area (Å²) in [6.45, 7) is 16.1. The van der Waals surface area contributed by atoms with Gasteiger partial charge in [0.05, 0.1) is 0 Å².